The topological polar surface area (TPSA) is 73.0 Å². The SMILES string of the molecule is Cc1cnn(Cc2nc(-c3ccc(NC(=O)c4cccc(Cl)c4)cc3)oc2C)c1. The summed E-state index contributed by atoms with van der Waals surface area (Å²) >= 11 is 5.94. The van der Waals surface area contributed by atoms with E-state index in [-0.39, 0.29) is 5.91 Å². The molecule has 4 rings (SSSR count). The lowest BCUT2D eigenvalue weighted by molar-refractivity contribution is 0.102. The molecular weight excluding hydrogens is 388 g/mol. The van der Waals surface area contributed by atoms with Gasteiger partial charge in [0.25, 0.3) is 5.91 Å². The van der Waals surface area contributed by atoms with Crippen LogP contribution in [-0.2, 0) is 6.54 Å². The minimum Gasteiger partial charge on any atom is -0.441 e. The Morgan fingerprint density at radius 3 is 2.66 bits per heavy atom. The molecule has 0 aliphatic heterocycles. The summed E-state index contributed by atoms with van der Waals surface area (Å²) in [5, 5.41) is 7.67. The Labute approximate surface area is 173 Å². The zero-order valence-corrected chi connectivity index (χ0v) is 16.8. The largest absolute Gasteiger partial charge is 0.441 e. The number of aryl methyl sites for hydroxylation is 2. The summed E-state index contributed by atoms with van der Waals surface area (Å²) in [5.41, 5.74) is 3.94. The first-order valence-electron chi connectivity index (χ1n) is 9.10. The van der Waals surface area contributed by atoms with Crippen LogP contribution in [0.3, 0.4) is 0 Å². The molecule has 0 spiro atoms. The number of nitrogens with one attached hydrogen (secondary N) is 1. The summed E-state index contributed by atoms with van der Waals surface area (Å²) in [6.07, 6.45) is 3.78. The van der Waals surface area contributed by atoms with Gasteiger partial charge in [0, 0.05) is 28.0 Å². The summed E-state index contributed by atoms with van der Waals surface area (Å²) in [4.78, 5) is 16.9. The van der Waals surface area contributed by atoms with E-state index in [1.54, 1.807) is 24.3 Å². The number of hydrogen-bond donors (Lipinski definition) is 1. The first-order valence-corrected chi connectivity index (χ1v) is 9.48. The van der Waals surface area contributed by atoms with Crippen LogP contribution < -0.4 is 5.32 Å². The van der Waals surface area contributed by atoms with Crippen LogP contribution in [-0.4, -0.2) is 20.7 Å². The van der Waals surface area contributed by atoms with E-state index < -0.39 is 0 Å². The highest BCUT2D eigenvalue weighted by Gasteiger charge is 2.13. The van der Waals surface area contributed by atoms with E-state index in [1.165, 1.54) is 0 Å². The van der Waals surface area contributed by atoms with Crippen molar-refractivity contribution in [1.29, 1.82) is 0 Å². The number of oxazole rings is 1. The molecule has 2 aromatic carbocycles. The van der Waals surface area contributed by atoms with Crippen molar-refractivity contribution >= 4 is 23.2 Å². The molecule has 7 heteroatoms. The third-order valence-electron chi connectivity index (χ3n) is 4.44. The highest BCUT2D eigenvalue weighted by molar-refractivity contribution is 6.31. The van der Waals surface area contributed by atoms with Crippen LogP contribution in [0.2, 0.25) is 5.02 Å². The summed E-state index contributed by atoms with van der Waals surface area (Å²) < 4.78 is 7.66. The predicted molar refractivity (Wildman–Crippen MR) is 112 cm³/mol. The van der Waals surface area contributed by atoms with Crippen LogP contribution in [0.25, 0.3) is 11.5 Å². The lowest BCUT2D eigenvalue weighted by atomic mass is 10.2. The Hall–Kier alpha value is -3.38. The Balaban J connectivity index is 1.48. The monoisotopic (exact) mass is 406 g/mol. The number of halogens is 1. The van der Waals surface area contributed by atoms with Gasteiger partial charge in [-0.15, -0.1) is 0 Å². The fourth-order valence-corrected chi connectivity index (χ4v) is 3.12. The maximum Gasteiger partial charge on any atom is 0.255 e. The number of rotatable bonds is 5. The highest BCUT2D eigenvalue weighted by Crippen LogP contribution is 2.24. The molecule has 0 saturated heterocycles. The van der Waals surface area contributed by atoms with Gasteiger partial charge < -0.3 is 9.73 Å². The van der Waals surface area contributed by atoms with Crippen LogP contribution in [0.1, 0.15) is 27.4 Å². The van der Waals surface area contributed by atoms with Gasteiger partial charge in [-0.1, -0.05) is 17.7 Å². The Morgan fingerprint density at radius 2 is 1.97 bits per heavy atom. The van der Waals surface area contributed by atoms with Gasteiger partial charge in [-0.3, -0.25) is 9.48 Å². The minimum absolute atomic E-state index is 0.218. The number of amides is 1. The molecule has 0 fully saturated rings. The molecule has 0 atom stereocenters. The van der Waals surface area contributed by atoms with Crippen LogP contribution in [0.4, 0.5) is 5.69 Å². The molecule has 0 aliphatic carbocycles. The zero-order valence-electron chi connectivity index (χ0n) is 16.0. The summed E-state index contributed by atoms with van der Waals surface area (Å²) in [5.74, 6) is 1.07. The molecule has 29 heavy (non-hydrogen) atoms. The van der Waals surface area contributed by atoms with Gasteiger partial charge in [0.1, 0.15) is 11.5 Å². The molecule has 1 amide bonds. The van der Waals surface area contributed by atoms with Gasteiger partial charge in [-0.2, -0.15) is 5.10 Å². The summed E-state index contributed by atoms with van der Waals surface area (Å²) in [6, 6.07) is 14.2. The molecular formula is C22H19ClN4O2. The number of nitrogens with zero attached hydrogens (tertiary/aromatic N) is 3. The van der Waals surface area contributed by atoms with Crippen molar-refractivity contribution in [3.63, 3.8) is 0 Å². The first-order chi connectivity index (χ1) is 14.0. The molecule has 2 aromatic heterocycles. The second-order valence-corrected chi connectivity index (χ2v) is 7.22. The molecule has 0 saturated carbocycles. The highest BCUT2D eigenvalue weighted by atomic mass is 35.5. The van der Waals surface area contributed by atoms with E-state index in [9.17, 15) is 4.79 Å². The van der Waals surface area contributed by atoms with Crippen molar-refractivity contribution in [3.05, 3.63) is 88.5 Å². The molecule has 146 valence electrons. The normalized spacial score (nSPS) is 10.9. The number of carbonyl (C=O) groups excluding carboxylic acids is 1. The third-order valence-corrected chi connectivity index (χ3v) is 4.68. The van der Waals surface area contributed by atoms with Crippen molar-refractivity contribution in [2.24, 2.45) is 0 Å². The molecule has 0 aliphatic rings. The molecule has 6 nitrogen and oxygen atoms in total. The lowest BCUT2D eigenvalue weighted by Gasteiger charge is -2.06. The maximum atomic E-state index is 12.3. The standard InChI is InChI=1S/C22H19ClN4O2/c1-14-11-24-27(12-14)13-20-15(2)29-22(26-20)16-6-8-19(9-7-16)25-21(28)17-4-3-5-18(23)10-17/h3-12H,13H2,1-2H3,(H,25,28). The fourth-order valence-electron chi connectivity index (χ4n) is 2.93. The number of anilines is 1. The number of aromatic nitrogens is 3. The molecule has 4 aromatic rings. The van der Waals surface area contributed by atoms with Crippen molar-refractivity contribution in [2.45, 2.75) is 20.4 Å². The number of carbonyl (C=O) groups is 1. The zero-order chi connectivity index (χ0) is 20.4. The average molecular weight is 407 g/mol. The second kappa shape index (κ2) is 7.93. The van der Waals surface area contributed by atoms with Crippen molar-refractivity contribution in [2.75, 3.05) is 5.32 Å². The first kappa shape index (κ1) is 19.0. The van der Waals surface area contributed by atoms with E-state index in [4.69, 9.17) is 16.0 Å². The Kier molecular flexibility index (Phi) is 5.18. The van der Waals surface area contributed by atoms with Gasteiger partial charge in [-0.25, -0.2) is 4.98 Å². The maximum absolute atomic E-state index is 12.3. The van der Waals surface area contributed by atoms with Gasteiger partial charge in [0.05, 0.1) is 12.7 Å². The second-order valence-electron chi connectivity index (χ2n) is 6.78. The van der Waals surface area contributed by atoms with Crippen LogP contribution in [0.5, 0.6) is 0 Å². The van der Waals surface area contributed by atoms with Crippen LogP contribution in [0, 0.1) is 13.8 Å². The Bertz CT molecular complexity index is 1160. The molecule has 0 bridgehead atoms. The van der Waals surface area contributed by atoms with Gasteiger partial charge in [0.15, 0.2) is 0 Å². The molecule has 1 N–H and O–H groups in total. The minimum atomic E-state index is -0.218. The average Bonchev–Trinajstić information content (AvgIpc) is 3.28. The quantitative estimate of drug-likeness (QED) is 0.500. The fraction of sp³-hybridized carbons (Fsp3) is 0.136. The van der Waals surface area contributed by atoms with Crippen LogP contribution >= 0.6 is 11.6 Å². The van der Waals surface area contributed by atoms with E-state index in [2.05, 4.69) is 15.4 Å². The van der Waals surface area contributed by atoms with Gasteiger partial charge in [-0.05, 0) is 61.9 Å². The van der Waals surface area contributed by atoms with Crippen molar-refractivity contribution < 1.29 is 9.21 Å². The van der Waals surface area contributed by atoms with E-state index in [0.29, 0.717) is 28.7 Å². The van der Waals surface area contributed by atoms with E-state index in [0.717, 1.165) is 22.6 Å². The van der Waals surface area contributed by atoms with E-state index in [1.807, 2.05) is 55.2 Å². The molecule has 0 radical (unpaired) electrons. The van der Waals surface area contributed by atoms with Gasteiger partial charge >= 0.3 is 0 Å². The van der Waals surface area contributed by atoms with Gasteiger partial charge in [0.2, 0.25) is 5.89 Å². The van der Waals surface area contributed by atoms with E-state index >= 15 is 0 Å². The number of benzene rings is 2. The molecule has 2 heterocycles. The number of hydrogen-bond acceptors (Lipinski definition) is 4. The molecule has 0 unspecified atom stereocenters. The van der Waals surface area contributed by atoms with Crippen molar-refractivity contribution in [1.82, 2.24) is 14.8 Å². The van der Waals surface area contributed by atoms with Crippen molar-refractivity contribution in [3.8, 4) is 11.5 Å². The lowest BCUT2D eigenvalue weighted by Crippen LogP contribution is -2.11. The smallest absolute Gasteiger partial charge is 0.255 e. The summed E-state index contributed by atoms with van der Waals surface area (Å²) in [6.45, 7) is 4.44. The third kappa shape index (κ3) is 4.38. The predicted octanol–water partition coefficient (Wildman–Crippen LogP) is 5.11. The summed E-state index contributed by atoms with van der Waals surface area (Å²) in [7, 11) is 0. The van der Waals surface area contributed by atoms with Crippen LogP contribution in [0.15, 0.2) is 65.3 Å². The Morgan fingerprint density at radius 1 is 1.17 bits per heavy atom.